The van der Waals surface area contributed by atoms with Crippen LogP contribution in [0.1, 0.15) is 31.1 Å². The van der Waals surface area contributed by atoms with Crippen LogP contribution in [-0.4, -0.2) is 19.7 Å². The molecule has 0 radical (unpaired) electrons. The van der Waals surface area contributed by atoms with E-state index in [0.29, 0.717) is 23.4 Å². The average molecular weight is 328 g/mol. The molecule has 0 saturated carbocycles. The molecule has 23 heavy (non-hydrogen) atoms. The summed E-state index contributed by atoms with van der Waals surface area (Å²) in [6.07, 6.45) is 4.60. The van der Waals surface area contributed by atoms with Crippen LogP contribution in [0.2, 0.25) is 0 Å². The van der Waals surface area contributed by atoms with Gasteiger partial charge in [0.1, 0.15) is 0 Å². The molecule has 0 amide bonds. The van der Waals surface area contributed by atoms with Crippen molar-refractivity contribution in [1.29, 1.82) is 0 Å². The maximum atomic E-state index is 5.27. The van der Waals surface area contributed by atoms with Crippen LogP contribution in [0.5, 0.6) is 0 Å². The predicted octanol–water partition coefficient (Wildman–Crippen LogP) is 4.05. The lowest BCUT2D eigenvalue weighted by Crippen LogP contribution is -1.97. The summed E-state index contributed by atoms with van der Waals surface area (Å²) in [4.78, 5) is 8.86. The van der Waals surface area contributed by atoms with Gasteiger partial charge in [-0.15, -0.1) is 0 Å². The first-order valence-electron chi connectivity index (χ1n) is 7.66. The highest BCUT2D eigenvalue weighted by Gasteiger charge is 2.11. The predicted molar refractivity (Wildman–Crippen MR) is 90.7 cm³/mol. The van der Waals surface area contributed by atoms with Crippen LogP contribution >= 0.6 is 11.8 Å². The second-order valence-electron chi connectivity index (χ2n) is 5.91. The first-order valence-corrected chi connectivity index (χ1v) is 8.65. The molecule has 2 heterocycles. The van der Waals surface area contributed by atoms with Gasteiger partial charge in [-0.2, -0.15) is 4.98 Å². The zero-order valence-corrected chi connectivity index (χ0v) is 14.4. The van der Waals surface area contributed by atoms with E-state index in [0.717, 1.165) is 17.3 Å². The summed E-state index contributed by atoms with van der Waals surface area (Å²) < 4.78 is 7.35. The Balaban J connectivity index is 1.70. The number of hydrogen-bond donors (Lipinski definition) is 0. The molecule has 0 aliphatic rings. The molecule has 0 aliphatic carbocycles. The summed E-state index contributed by atoms with van der Waals surface area (Å²) in [6, 6.07) is 8.36. The van der Waals surface area contributed by atoms with Gasteiger partial charge in [0.2, 0.25) is 5.89 Å². The molecular formula is C17H20N4OS. The molecule has 120 valence electrons. The molecule has 6 heteroatoms. The van der Waals surface area contributed by atoms with Gasteiger partial charge in [-0.05, 0) is 30.5 Å². The van der Waals surface area contributed by atoms with E-state index in [1.807, 2.05) is 12.4 Å². The quantitative estimate of drug-likeness (QED) is 0.639. The molecule has 0 fully saturated rings. The van der Waals surface area contributed by atoms with E-state index in [-0.39, 0.29) is 0 Å². The minimum atomic E-state index is 0.510. The Bertz CT molecular complexity index is 778. The van der Waals surface area contributed by atoms with Crippen LogP contribution in [0.4, 0.5) is 0 Å². The van der Waals surface area contributed by atoms with Crippen LogP contribution in [0.15, 0.2) is 46.3 Å². The smallest absolute Gasteiger partial charge is 0.226 e. The van der Waals surface area contributed by atoms with Crippen LogP contribution in [0, 0.1) is 12.8 Å². The summed E-state index contributed by atoms with van der Waals surface area (Å²) >= 11 is 1.61. The molecule has 0 aliphatic heterocycles. The lowest BCUT2D eigenvalue weighted by molar-refractivity contribution is 0.360. The molecule has 0 unspecified atom stereocenters. The van der Waals surface area contributed by atoms with E-state index in [1.54, 1.807) is 11.8 Å². The Kier molecular flexibility index (Phi) is 4.81. The van der Waals surface area contributed by atoms with Crippen LogP contribution < -0.4 is 0 Å². The summed E-state index contributed by atoms with van der Waals surface area (Å²) in [7, 11) is 0. The van der Waals surface area contributed by atoms with E-state index in [2.05, 4.69) is 64.7 Å². The van der Waals surface area contributed by atoms with Crippen molar-refractivity contribution < 1.29 is 4.52 Å². The highest BCUT2D eigenvalue weighted by molar-refractivity contribution is 7.98. The SMILES string of the molecule is Cc1cccc(-n2ccnc2SCc2noc(CC(C)C)n2)c1. The molecule has 0 bridgehead atoms. The number of benzene rings is 1. The van der Waals surface area contributed by atoms with Gasteiger partial charge in [-0.25, -0.2) is 4.98 Å². The van der Waals surface area contributed by atoms with Gasteiger partial charge < -0.3 is 4.52 Å². The molecule has 1 aromatic carbocycles. The van der Waals surface area contributed by atoms with Gasteiger partial charge in [0, 0.05) is 24.5 Å². The Morgan fingerprint density at radius 3 is 2.96 bits per heavy atom. The average Bonchev–Trinajstić information content (AvgIpc) is 3.13. The van der Waals surface area contributed by atoms with Crippen molar-refractivity contribution in [2.75, 3.05) is 0 Å². The molecular weight excluding hydrogens is 308 g/mol. The van der Waals surface area contributed by atoms with E-state index < -0.39 is 0 Å². The van der Waals surface area contributed by atoms with Crippen molar-refractivity contribution in [3.63, 3.8) is 0 Å². The third-order valence-electron chi connectivity index (χ3n) is 3.31. The maximum Gasteiger partial charge on any atom is 0.226 e. The summed E-state index contributed by atoms with van der Waals surface area (Å²) in [5.41, 5.74) is 2.34. The number of thioether (sulfide) groups is 1. The molecule has 5 nitrogen and oxygen atoms in total. The lowest BCUT2D eigenvalue weighted by Gasteiger charge is -2.07. The summed E-state index contributed by atoms with van der Waals surface area (Å²) in [5, 5.41) is 4.96. The minimum Gasteiger partial charge on any atom is -0.339 e. The lowest BCUT2D eigenvalue weighted by atomic mass is 10.1. The van der Waals surface area contributed by atoms with E-state index in [4.69, 9.17) is 4.52 Å². The van der Waals surface area contributed by atoms with Crippen LogP contribution in [-0.2, 0) is 12.2 Å². The third-order valence-corrected chi connectivity index (χ3v) is 4.27. The number of aryl methyl sites for hydroxylation is 1. The second-order valence-corrected chi connectivity index (χ2v) is 6.85. The fourth-order valence-electron chi connectivity index (χ4n) is 2.28. The van der Waals surface area contributed by atoms with Crippen molar-refractivity contribution in [2.24, 2.45) is 5.92 Å². The molecule has 2 aromatic heterocycles. The van der Waals surface area contributed by atoms with Crippen molar-refractivity contribution in [1.82, 2.24) is 19.7 Å². The molecule has 0 atom stereocenters. The molecule has 3 rings (SSSR count). The van der Waals surface area contributed by atoms with Gasteiger partial charge in [0.15, 0.2) is 11.0 Å². The largest absolute Gasteiger partial charge is 0.339 e. The van der Waals surface area contributed by atoms with Crippen LogP contribution in [0.25, 0.3) is 5.69 Å². The fraction of sp³-hybridized carbons (Fsp3) is 0.353. The van der Waals surface area contributed by atoms with Gasteiger partial charge >= 0.3 is 0 Å². The fourth-order valence-corrected chi connectivity index (χ4v) is 3.10. The molecule has 0 spiro atoms. The standard InChI is InChI=1S/C17H20N4OS/c1-12(2)9-16-19-15(20-22-16)11-23-17-18-7-8-21(17)14-6-4-5-13(3)10-14/h4-8,10,12H,9,11H2,1-3H3. The Hall–Kier alpha value is -2.08. The Morgan fingerprint density at radius 1 is 1.30 bits per heavy atom. The van der Waals surface area contributed by atoms with E-state index in [1.165, 1.54) is 5.56 Å². The normalized spacial score (nSPS) is 11.3. The minimum absolute atomic E-state index is 0.510. The molecule has 3 aromatic rings. The number of aromatic nitrogens is 4. The zero-order valence-electron chi connectivity index (χ0n) is 13.6. The number of rotatable bonds is 6. The van der Waals surface area contributed by atoms with Crippen molar-refractivity contribution in [2.45, 2.75) is 38.1 Å². The maximum absolute atomic E-state index is 5.27. The molecule has 0 saturated heterocycles. The Morgan fingerprint density at radius 2 is 2.17 bits per heavy atom. The zero-order chi connectivity index (χ0) is 16.2. The topological polar surface area (TPSA) is 56.7 Å². The number of nitrogens with zero attached hydrogens (tertiary/aromatic N) is 4. The van der Waals surface area contributed by atoms with Crippen molar-refractivity contribution >= 4 is 11.8 Å². The third kappa shape index (κ3) is 4.01. The van der Waals surface area contributed by atoms with Gasteiger partial charge in [-0.3, -0.25) is 4.57 Å². The van der Waals surface area contributed by atoms with Gasteiger partial charge in [0.25, 0.3) is 0 Å². The van der Waals surface area contributed by atoms with E-state index in [9.17, 15) is 0 Å². The summed E-state index contributed by atoms with van der Waals surface area (Å²) in [5.74, 6) is 2.57. The number of imidazole rings is 1. The first kappa shape index (κ1) is 15.8. The molecule has 0 N–H and O–H groups in total. The van der Waals surface area contributed by atoms with Crippen molar-refractivity contribution in [3.05, 3.63) is 53.9 Å². The van der Waals surface area contributed by atoms with Crippen LogP contribution in [0.3, 0.4) is 0 Å². The highest BCUT2D eigenvalue weighted by atomic mass is 32.2. The Labute approximate surface area is 140 Å². The van der Waals surface area contributed by atoms with Gasteiger partial charge in [0.05, 0.1) is 5.75 Å². The van der Waals surface area contributed by atoms with Gasteiger partial charge in [-0.1, -0.05) is 42.9 Å². The number of hydrogen-bond acceptors (Lipinski definition) is 5. The first-order chi connectivity index (χ1) is 11.1. The monoisotopic (exact) mass is 328 g/mol. The summed E-state index contributed by atoms with van der Waals surface area (Å²) in [6.45, 7) is 6.36. The second kappa shape index (κ2) is 7.00. The van der Waals surface area contributed by atoms with E-state index >= 15 is 0 Å². The van der Waals surface area contributed by atoms with Crippen molar-refractivity contribution in [3.8, 4) is 5.69 Å². The highest BCUT2D eigenvalue weighted by Crippen LogP contribution is 2.23.